The van der Waals surface area contributed by atoms with Crippen molar-refractivity contribution in [2.45, 2.75) is 38.8 Å². The zero-order valence-corrected chi connectivity index (χ0v) is 12.8. The van der Waals surface area contributed by atoms with E-state index in [1.165, 1.54) is 6.07 Å². The summed E-state index contributed by atoms with van der Waals surface area (Å²) in [5, 5.41) is 12.6. The van der Waals surface area contributed by atoms with E-state index in [9.17, 15) is 4.39 Å². The molecule has 0 fully saturated rings. The minimum absolute atomic E-state index is 0.148. The van der Waals surface area contributed by atoms with Crippen molar-refractivity contribution in [2.24, 2.45) is 0 Å². The minimum Gasteiger partial charge on any atom is -0.395 e. The largest absolute Gasteiger partial charge is 0.395 e. The molecule has 20 heavy (non-hydrogen) atoms. The van der Waals surface area contributed by atoms with Gasteiger partial charge in [-0.05, 0) is 51.1 Å². The Morgan fingerprint density at radius 2 is 2.15 bits per heavy atom. The Labute approximate surface area is 121 Å². The molecule has 0 aliphatic carbocycles. The number of aliphatic hydroxyl groups excluding tert-OH is 1. The van der Waals surface area contributed by atoms with Crippen LogP contribution in [0.2, 0.25) is 0 Å². The Morgan fingerprint density at radius 3 is 2.75 bits per heavy atom. The lowest BCUT2D eigenvalue weighted by Gasteiger charge is -2.26. The fourth-order valence-electron chi connectivity index (χ4n) is 2.12. The Hall–Kier alpha value is -0.970. The molecule has 0 radical (unpaired) electrons. The summed E-state index contributed by atoms with van der Waals surface area (Å²) in [4.78, 5) is 2.12. The molecule has 0 bridgehead atoms. The molecule has 0 saturated heterocycles. The maximum Gasteiger partial charge on any atom is 0.123 e. The molecule has 0 aromatic heterocycles. The van der Waals surface area contributed by atoms with E-state index in [0.717, 1.165) is 31.5 Å². The van der Waals surface area contributed by atoms with Crippen LogP contribution in [0.25, 0.3) is 0 Å². The van der Waals surface area contributed by atoms with Gasteiger partial charge in [0.25, 0.3) is 0 Å². The third-order valence-corrected chi connectivity index (χ3v) is 3.68. The number of likely N-dealkylation sites (N-methyl/N-ethyl adjacent to an activating group) is 1. The Balaban J connectivity index is 2.65. The summed E-state index contributed by atoms with van der Waals surface area (Å²) < 4.78 is 13.4. The normalized spacial score (nSPS) is 14.5. The third-order valence-electron chi connectivity index (χ3n) is 3.68. The molecule has 0 amide bonds. The number of nitrogens with zero attached hydrogens (tertiary/aromatic N) is 1. The molecule has 0 heterocycles. The van der Waals surface area contributed by atoms with Gasteiger partial charge in [-0.1, -0.05) is 19.1 Å². The summed E-state index contributed by atoms with van der Waals surface area (Å²) in [7, 11) is 2.00. The number of aliphatic hydroxyl groups is 1. The monoisotopic (exact) mass is 282 g/mol. The minimum atomic E-state index is -0.192. The van der Waals surface area contributed by atoms with Gasteiger partial charge in [-0.3, -0.25) is 0 Å². The Bertz CT molecular complexity index is 386. The molecular weight excluding hydrogens is 255 g/mol. The van der Waals surface area contributed by atoms with Gasteiger partial charge in [-0.25, -0.2) is 4.39 Å². The predicted molar refractivity (Wildman–Crippen MR) is 81.2 cm³/mol. The molecule has 4 heteroatoms. The second-order valence-electron chi connectivity index (χ2n) is 5.36. The van der Waals surface area contributed by atoms with E-state index in [1.807, 2.05) is 20.0 Å². The first-order valence-corrected chi connectivity index (χ1v) is 7.38. The van der Waals surface area contributed by atoms with Crippen molar-refractivity contribution in [2.75, 3.05) is 26.7 Å². The topological polar surface area (TPSA) is 35.5 Å². The first kappa shape index (κ1) is 17.1. The van der Waals surface area contributed by atoms with Crippen LogP contribution in [-0.4, -0.2) is 42.8 Å². The van der Waals surface area contributed by atoms with Gasteiger partial charge in [0.2, 0.25) is 0 Å². The molecule has 0 spiro atoms. The predicted octanol–water partition coefficient (Wildman–Crippen LogP) is 2.57. The van der Waals surface area contributed by atoms with Gasteiger partial charge < -0.3 is 15.3 Å². The number of nitrogens with one attached hydrogen (secondary N) is 1. The zero-order valence-electron chi connectivity index (χ0n) is 12.8. The molecule has 114 valence electrons. The number of rotatable bonds is 9. The van der Waals surface area contributed by atoms with E-state index in [0.29, 0.717) is 0 Å². The van der Waals surface area contributed by atoms with Gasteiger partial charge in [0.15, 0.2) is 0 Å². The fraction of sp³-hybridized carbons (Fsp3) is 0.625. The van der Waals surface area contributed by atoms with Gasteiger partial charge in [0, 0.05) is 18.6 Å². The Kier molecular flexibility index (Phi) is 7.73. The van der Waals surface area contributed by atoms with Crippen LogP contribution in [0.4, 0.5) is 4.39 Å². The highest BCUT2D eigenvalue weighted by molar-refractivity contribution is 5.20. The standard InChI is InChI=1S/C16H27FN2O/c1-4-9-18-16(8-10-19(3)13(2)12-20)14-6-5-7-15(17)11-14/h5-7,11,13,16,18,20H,4,8-10,12H2,1-3H3. The molecule has 1 aromatic carbocycles. The first-order chi connectivity index (χ1) is 9.58. The summed E-state index contributed by atoms with van der Waals surface area (Å²) >= 11 is 0. The molecule has 2 unspecified atom stereocenters. The highest BCUT2D eigenvalue weighted by Gasteiger charge is 2.14. The van der Waals surface area contributed by atoms with Crippen molar-refractivity contribution in [1.82, 2.24) is 10.2 Å². The van der Waals surface area contributed by atoms with E-state index in [2.05, 4.69) is 17.1 Å². The lowest BCUT2D eigenvalue weighted by atomic mass is 10.0. The van der Waals surface area contributed by atoms with Crippen molar-refractivity contribution in [1.29, 1.82) is 0 Å². The Morgan fingerprint density at radius 1 is 1.40 bits per heavy atom. The van der Waals surface area contributed by atoms with Crippen molar-refractivity contribution in [3.05, 3.63) is 35.6 Å². The van der Waals surface area contributed by atoms with Crippen LogP contribution < -0.4 is 5.32 Å². The highest BCUT2D eigenvalue weighted by Crippen LogP contribution is 2.18. The second-order valence-corrected chi connectivity index (χ2v) is 5.36. The molecule has 0 aliphatic rings. The van der Waals surface area contributed by atoms with Crippen LogP contribution in [-0.2, 0) is 0 Å². The van der Waals surface area contributed by atoms with Crippen molar-refractivity contribution >= 4 is 0 Å². The number of hydrogen-bond donors (Lipinski definition) is 2. The quantitative estimate of drug-likeness (QED) is 0.731. The van der Waals surface area contributed by atoms with Gasteiger partial charge >= 0.3 is 0 Å². The number of hydrogen-bond acceptors (Lipinski definition) is 3. The average molecular weight is 282 g/mol. The maximum absolute atomic E-state index is 13.4. The van der Waals surface area contributed by atoms with Gasteiger partial charge in [-0.2, -0.15) is 0 Å². The van der Waals surface area contributed by atoms with Crippen LogP contribution in [0.15, 0.2) is 24.3 Å². The SMILES string of the molecule is CCCNC(CCN(C)C(C)CO)c1cccc(F)c1. The van der Waals surface area contributed by atoms with Gasteiger partial charge in [0.05, 0.1) is 6.61 Å². The summed E-state index contributed by atoms with van der Waals surface area (Å²) in [5.74, 6) is -0.192. The number of halogens is 1. The van der Waals surface area contributed by atoms with Crippen LogP contribution in [0.5, 0.6) is 0 Å². The summed E-state index contributed by atoms with van der Waals surface area (Å²) in [5.41, 5.74) is 0.989. The number of benzene rings is 1. The lowest BCUT2D eigenvalue weighted by molar-refractivity contribution is 0.154. The van der Waals surface area contributed by atoms with Gasteiger partial charge in [-0.15, -0.1) is 0 Å². The molecular formula is C16H27FN2O. The van der Waals surface area contributed by atoms with Crippen molar-refractivity contribution in [3.8, 4) is 0 Å². The smallest absolute Gasteiger partial charge is 0.123 e. The fourth-order valence-corrected chi connectivity index (χ4v) is 2.12. The summed E-state index contributed by atoms with van der Waals surface area (Å²) in [6.45, 7) is 6.05. The third kappa shape index (κ3) is 5.57. The molecule has 1 rings (SSSR count). The van der Waals surface area contributed by atoms with E-state index in [4.69, 9.17) is 5.11 Å². The molecule has 0 aliphatic heterocycles. The highest BCUT2D eigenvalue weighted by atomic mass is 19.1. The zero-order chi connectivity index (χ0) is 15.0. The second kappa shape index (κ2) is 9.06. The molecule has 0 saturated carbocycles. The average Bonchev–Trinajstić information content (AvgIpc) is 2.46. The van der Waals surface area contributed by atoms with E-state index < -0.39 is 0 Å². The van der Waals surface area contributed by atoms with Crippen molar-refractivity contribution < 1.29 is 9.50 Å². The van der Waals surface area contributed by atoms with Crippen LogP contribution in [0.1, 0.15) is 38.3 Å². The summed E-state index contributed by atoms with van der Waals surface area (Å²) in [6, 6.07) is 7.09. The van der Waals surface area contributed by atoms with Crippen LogP contribution in [0, 0.1) is 5.82 Å². The molecule has 3 nitrogen and oxygen atoms in total. The molecule has 2 N–H and O–H groups in total. The van der Waals surface area contributed by atoms with Crippen LogP contribution >= 0.6 is 0 Å². The van der Waals surface area contributed by atoms with Crippen LogP contribution in [0.3, 0.4) is 0 Å². The van der Waals surface area contributed by atoms with E-state index >= 15 is 0 Å². The molecule has 1 aromatic rings. The lowest BCUT2D eigenvalue weighted by Crippen LogP contribution is -2.35. The maximum atomic E-state index is 13.4. The van der Waals surface area contributed by atoms with E-state index in [-0.39, 0.29) is 24.5 Å². The first-order valence-electron chi connectivity index (χ1n) is 7.38. The molecule has 2 atom stereocenters. The van der Waals surface area contributed by atoms with Gasteiger partial charge in [0.1, 0.15) is 5.82 Å². The summed E-state index contributed by atoms with van der Waals surface area (Å²) in [6.07, 6.45) is 1.94. The van der Waals surface area contributed by atoms with Crippen molar-refractivity contribution in [3.63, 3.8) is 0 Å². The van der Waals surface area contributed by atoms with E-state index in [1.54, 1.807) is 12.1 Å².